The van der Waals surface area contributed by atoms with Crippen molar-refractivity contribution in [3.8, 4) is 0 Å². The zero-order valence-electron chi connectivity index (χ0n) is 15.9. The van der Waals surface area contributed by atoms with Crippen LogP contribution in [0.2, 0.25) is 0 Å². The number of hydrogen-bond donors (Lipinski definition) is 1. The van der Waals surface area contributed by atoms with Gasteiger partial charge in [-0.3, -0.25) is 4.79 Å². The molecule has 1 aliphatic heterocycles. The quantitative estimate of drug-likeness (QED) is 0.668. The van der Waals surface area contributed by atoms with Crippen LogP contribution in [0.1, 0.15) is 45.3 Å². The Hall–Kier alpha value is -1.92. The standard InChI is InChI=1S/C22H25NO3S2/c1-16(17-6-3-2-4-7-17)14-23-20(24)15-26-21(25)18-8-10-19(11-9-18)22-27-12-5-13-28-22/h2-4,6-11,16,22H,5,12-15H2,1H3,(H,23,24)/t16-/m0/s1. The molecule has 1 atom stereocenters. The fraction of sp³-hybridized carbons (Fsp3) is 0.364. The second-order valence-corrected chi connectivity index (χ2v) is 9.47. The molecule has 4 nitrogen and oxygen atoms in total. The highest BCUT2D eigenvalue weighted by Crippen LogP contribution is 2.43. The summed E-state index contributed by atoms with van der Waals surface area (Å²) in [6.45, 7) is 2.29. The van der Waals surface area contributed by atoms with Gasteiger partial charge in [0.1, 0.15) is 0 Å². The van der Waals surface area contributed by atoms with Crippen LogP contribution in [0.4, 0.5) is 0 Å². The van der Waals surface area contributed by atoms with Gasteiger partial charge in [-0.1, -0.05) is 49.4 Å². The summed E-state index contributed by atoms with van der Waals surface area (Å²) < 4.78 is 5.59. The zero-order chi connectivity index (χ0) is 19.8. The lowest BCUT2D eigenvalue weighted by molar-refractivity contribution is -0.124. The first-order valence-electron chi connectivity index (χ1n) is 9.45. The molecule has 3 rings (SSSR count). The van der Waals surface area contributed by atoms with Crippen LogP contribution in [0.25, 0.3) is 0 Å². The molecule has 2 aromatic carbocycles. The minimum absolute atomic E-state index is 0.198. The third-order valence-electron chi connectivity index (χ3n) is 4.55. The summed E-state index contributed by atoms with van der Waals surface area (Å²) in [4.78, 5) is 24.2. The van der Waals surface area contributed by atoms with Gasteiger partial charge >= 0.3 is 5.97 Å². The highest BCUT2D eigenvalue weighted by Gasteiger charge is 2.17. The average Bonchev–Trinajstić information content (AvgIpc) is 2.77. The number of esters is 1. The normalized spacial score (nSPS) is 15.6. The maximum atomic E-state index is 12.2. The summed E-state index contributed by atoms with van der Waals surface area (Å²) in [5, 5.41) is 2.82. The van der Waals surface area contributed by atoms with Gasteiger partial charge in [-0.05, 0) is 47.1 Å². The number of amides is 1. The minimum atomic E-state index is -0.471. The Balaban J connectivity index is 1.42. The molecule has 0 saturated carbocycles. The fourth-order valence-corrected chi connectivity index (χ4v) is 5.78. The summed E-state index contributed by atoms with van der Waals surface area (Å²) in [7, 11) is 0. The van der Waals surface area contributed by atoms with Crippen LogP contribution in [0.3, 0.4) is 0 Å². The van der Waals surface area contributed by atoms with Crippen molar-refractivity contribution in [1.82, 2.24) is 5.32 Å². The molecule has 1 aliphatic rings. The zero-order valence-corrected chi connectivity index (χ0v) is 17.6. The highest BCUT2D eigenvalue weighted by atomic mass is 32.2. The number of hydrogen-bond acceptors (Lipinski definition) is 5. The molecule has 0 radical (unpaired) electrons. The van der Waals surface area contributed by atoms with Crippen molar-refractivity contribution in [3.05, 3.63) is 71.3 Å². The second kappa shape index (κ2) is 10.6. The van der Waals surface area contributed by atoms with Gasteiger partial charge in [-0.15, -0.1) is 23.5 Å². The number of rotatable bonds is 7. The molecule has 6 heteroatoms. The first-order chi connectivity index (χ1) is 13.6. The molecule has 1 fully saturated rings. The SMILES string of the molecule is C[C@@H](CNC(=O)COC(=O)c1ccc(C2SCCCS2)cc1)c1ccccc1. The summed E-state index contributed by atoms with van der Waals surface area (Å²) in [5.41, 5.74) is 2.85. The molecule has 28 heavy (non-hydrogen) atoms. The lowest BCUT2D eigenvalue weighted by Crippen LogP contribution is -2.31. The largest absolute Gasteiger partial charge is 0.452 e. The van der Waals surface area contributed by atoms with Crippen molar-refractivity contribution >= 4 is 35.4 Å². The van der Waals surface area contributed by atoms with Crippen LogP contribution in [-0.2, 0) is 9.53 Å². The Bertz CT molecular complexity index is 774. The maximum Gasteiger partial charge on any atom is 0.338 e. The topological polar surface area (TPSA) is 55.4 Å². The Morgan fingerprint density at radius 3 is 2.43 bits per heavy atom. The van der Waals surface area contributed by atoms with Gasteiger partial charge in [-0.2, -0.15) is 0 Å². The molecule has 1 heterocycles. The molecular weight excluding hydrogens is 390 g/mol. The van der Waals surface area contributed by atoms with Crippen molar-refractivity contribution < 1.29 is 14.3 Å². The monoisotopic (exact) mass is 415 g/mol. The van der Waals surface area contributed by atoms with E-state index < -0.39 is 5.97 Å². The lowest BCUT2D eigenvalue weighted by Gasteiger charge is -2.21. The second-order valence-electron chi connectivity index (χ2n) is 6.74. The number of carbonyl (C=O) groups is 2. The van der Waals surface area contributed by atoms with E-state index in [4.69, 9.17) is 4.74 Å². The van der Waals surface area contributed by atoms with E-state index in [1.165, 1.54) is 23.5 Å². The van der Waals surface area contributed by atoms with E-state index >= 15 is 0 Å². The molecule has 1 N–H and O–H groups in total. The van der Waals surface area contributed by atoms with E-state index in [9.17, 15) is 9.59 Å². The van der Waals surface area contributed by atoms with Crippen LogP contribution in [0, 0.1) is 0 Å². The molecular formula is C22H25NO3S2. The summed E-state index contributed by atoms with van der Waals surface area (Å²) in [6.07, 6.45) is 1.25. The fourth-order valence-electron chi connectivity index (χ4n) is 2.89. The van der Waals surface area contributed by atoms with E-state index in [1.54, 1.807) is 12.1 Å². The molecule has 0 aliphatic carbocycles. The predicted molar refractivity (Wildman–Crippen MR) is 117 cm³/mol. The van der Waals surface area contributed by atoms with Crippen molar-refractivity contribution in [3.63, 3.8) is 0 Å². The molecule has 1 saturated heterocycles. The summed E-state index contributed by atoms with van der Waals surface area (Å²) in [5.74, 6) is 1.80. The van der Waals surface area contributed by atoms with Gasteiger partial charge in [0.2, 0.25) is 0 Å². The van der Waals surface area contributed by atoms with Gasteiger partial charge < -0.3 is 10.1 Å². The van der Waals surface area contributed by atoms with Gasteiger partial charge in [0.05, 0.1) is 10.1 Å². The van der Waals surface area contributed by atoms with Gasteiger partial charge in [0.15, 0.2) is 6.61 Å². The van der Waals surface area contributed by atoms with Crippen molar-refractivity contribution in [2.75, 3.05) is 24.7 Å². The summed E-state index contributed by atoms with van der Waals surface area (Å²) >= 11 is 3.89. The van der Waals surface area contributed by atoms with Crippen LogP contribution in [-0.4, -0.2) is 36.5 Å². The van der Waals surface area contributed by atoms with Crippen LogP contribution < -0.4 is 5.32 Å². The first-order valence-corrected chi connectivity index (χ1v) is 11.5. The van der Waals surface area contributed by atoms with E-state index in [-0.39, 0.29) is 18.4 Å². The molecule has 0 spiro atoms. The molecule has 0 unspecified atom stereocenters. The minimum Gasteiger partial charge on any atom is -0.452 e. The average molecular weight is 416 g/mol. The Morgan fingerprint density at radius 2 is 1.75 bits per heavy atom. The third kappa shape index (κ3) is 6.04. The van der Waals surface area contributed by atoms with Gasteiger partial charge in [-0.25, -0.2) is 4.79 Å². The predicted octanol–water partition coefficient (Wildman–Crippen LogP) is 4.63. The number of thioether (sulfide) groups is 2. The van der Waals surface area contributed by atoms with E-state index in [1.807, 2.05) is 72.9 Å². The Morgan fingerprint density at radius 1 is 1.07 bits per heavy atom. The Labute approximate surface area is 174 Å². The van der Waals surface area contributed by atoms with E-state index in [0.717, 1.165) is 5.56 Å². The lowest BCUT2D eigenvalue weighted by atomic mass is 10.0. The maximum absolute atomic E-state index is 12.2. The van der Waals surface area contributed by atoms with E-state index in [2.05, 4.69) is 5.32 Å². The molecule has 0 bridgehead atoms. The molecule has 2 aromatic rings. The van der Waals surface area contributed by atoms with Crippen molar-refractivity contribution in [2.24, 2.45) is 0 Å². The number of carbonyl (C=O) groups excluding carboxylic acids is 2. The Kier molecular flexibility index (Phi) is 7.86. The highest BCUT2D eigenvalue weighted by molar-refractivity contribution is 8.16. The van der Waals surface area contributed by atoms with Crippen LogP contribution >= 0.6 is 23.5 Å². The smallest absolute Gasteiger partial charge is 0.338 e. The molecule has 1 amide bonds. The molecule has 0 aromatic heterocycles. The molecule has 148 valence electrons. The van der Waals surface area contributed by atoms with Crippen LogP contribution in [0.15, 0.2) is 54.6 Å². The first kappa shape index (κ1) is 20.8. The van der Waals surface area contributed by atoms with Gasteiger partial charge in [0, 0.05) is 6.54 Å². The number of benzene rings is 2. The van der Waals surface area contributed by atoms with Crippen molar-refractivity contribution in [1.29, 1.82) is 0 Å². The number of ether oxygens (including phenoxy) is 1. The third-order valence-corrected chi connectivity index (χ3v) is 7.57. The van der Waals surface area contributed by atoms with Crippen LogP contribution in [0.5, 0.6) is 0 Å². The number of nitrogens with one attached hydrogen (secondary N) is 1. The summed E-state index contributed by atoms with van der Waals surface area (Å²) in [6, 6.07) is 17.5. The van der Waals surface area contributed by atoms with Crippen molar-refractivity contribution in [2.45, 2.75) is 23.8 Å². The van der Waals surface area contributed by atoms with E-state index in [0.29, 0.717) is 16.7 Å². The van der Waals surface area contributed by atoms with Gasteiger partial charge in [0.25, 0.3) is 5.91 Å².